The van der Waals surface area contributed by atoms with E-state index in [4.69, 9.17) is 5.73 Å². The van der Waals surface area contributed by atoms with Gasteiger partial charge in [-0.1, -0.05) is 26.0 Å². The van der Waals surface area contributed by atoms with Gasteiger partial charge in [0.1, 0.15) is 5.75 Å². The highest BCUT2D eigenvalue weighted by Crippen LogP contribution is 2.27. The van der Waals surface area contributed by atoms with Crippen molar-refractivity contribution < 1.29 is 9.90 Å². The molecule has 0 aliphatic heterocycles. The minimum Gasteiger partial charge on any atom is -0.505 e. The summed E-state index contributed by atoms with van der Waals surface area (Å²) in [4.78, 5) is 12.0. The van der Waals surface area contributed by atoms with Gasteiger partial charge in [0.05, 0.1) is 11.6 Å². The fourth-order valence-electron chi connectivity index (χ4n) is 1.87. The van der Waals surface area contributed by atoms with Crippen LogP contribution >= 0.6 is 0 Å². The highest BCUT2D eigenvalue weighted by Gasteiger charge is 2.19. The zero-order valence-corrected chi connectivity index (χ0v) is 11.2. The molecule has 1 amide bonds. The van der Waals surface area contributed by atoms with Crippen LogP contribution < -0.4 is 11.1 Å². The van der Waals surface area contributed by atoms with Crippen molar-refractivity contribution in [3.05, 3.63) is 23.8 Å². The van der Waals surface area contributed by atoms with Crippen LogP contribution in [0.15, 0.2) is 18.2 Å². The van der Waals surface area contributed by atoms with Crippen molar-refractivity contribution in [3.8, 4) is 5.75 Å². The van der Waals surface area contributed by atoms with E-state index in [0.29, 0.717) is 18.2 Å². The number of para-hydroxylation sites is 1. The number of phenolic OH excluding ortho intramolecular Hbond substituents is 1. The number of anilines is 1. The summed E-state index contributed by atoms with van der Waals surface area (Å²) in [5.74, 6) is 0.179. The third-order valence-corrected chi connectivity index (χ3v) is 2.91. The quantitative estimate of drug-likeness (QED) is 0.702. The molecule has 100 valence electrons. The number of hydrogen-bond donors (Lipinski definition) is 3. The Labute approximate surface area is 108 Å². The van der Waals surface area contributed by atoms with Gasteiger partial charge in [-0.2, -0.15) is 0 Å². The lowest BCUT2D eigenvalue weighted by Crippen LogP contribution is -2.30. The molecule has 1 unspecified atom stereocenters. The molecule has 1 rings (SSSR count). The first-order chi connectivity index (χ1) is 8.45. The molecule has 4 heteroatoms. The maximum absolute atomic E-state index is 12.0. The number of hydrogen-bond acceptors (Lipinski definition) is 3. The normalized spacial score (nSPS) is 12.5. The van der Waals surface area contributed by atoms with Crippen LogP contribution in [-0.4, -0.2) is 17.6 Å². The SMILES string of the molecule is Cc1cccc(NC(=O)C(CN)CC(C)C)c1O. The monoisotopic (exact) mass is 250 g/mol. The highest BCUT2D eigenvalue weighted by molar-refractivity contribution is 5.94. The van der Waals surface area contributed by atoms with Crippen LogP contribution in [0, 0.1) is 18.8 Å². The first-order valence-electron chi connectivity index (χ1n) is 6.25. The predicted octanol–water partition coefficient (Wildman–Crippen LogP) is 2.26. The molecule has 0 saturated heterocycles. The van der Waals surface area contributed by atoms with Crippen molar-refractivity contribution >= 4 is 11.6 Å². The highest BCUT2D eigenvalue weighted by atomic mass is 16.3. The number of phenols is 1. The summed E-state index contributed by atoms with van der Waals surface area (Å²) in [5, 5.41) is 12.6. The molecule has 4 nitrogen and oxygen atoms in total. The van der Waals surface area contributed by atoms with E-state index in [9.17, 15) is 9.90 Å². The predicted molar refractivity (Wildman–Crippen MR) is 73.5 cm³/mol. The molecule has 0 aliphatic carbocycles. The second kappa shape index (κ2) is 6.40. The first kappa shape index (κ1) is 14.5. The van der Waals surface area contributed by atoms with E-state index in [1.807, 2.05) is 0 Å². The van der Waals surface area contributed by atoms with E-state index in [1.165, 1.54) is 0 Å². The third kappa shape index (κ3) is 3.74. The Morgan fingerprint density at radius 1 is 1.44 bits per heavy atom. The third-order valence-electron chi connectivity index (χ3n) is 2.91. The van der Waals surface area contributed by atoms with Crippen LogP contribution in [0.25, 0.3) is 0 Å². The molecule has 1 aromatic carbocycles. The van der Waals surface area contributed by atoms with Crippen LogP contribution in [0.1, 0.15) is 25.8 Å². The summed E-state index contributed by atoms with van der Waals surface area (Å²) in [5.41, 5.74) is 6.80. The second-order valence-corrected chi connectivity index (χ2v) is 5.02. The Morgan fingerprint density at radius 2 is 2.11 bits per heavy atom. The fourth-order valence-corrected chi connectivity index (χ4v) is 1.87. The Bertz CT molecular complexity index is 416. The van der Waals surface area contributed by atoms with Gasteiger partial charge < -0.3 is 16.2 Å². The van der Waals surface area contributed by atoms with Gasteiger partial charge in [-0.3, -0.25) is 4.79 Å². The molecule has 0 fully saturated rings. The first-order valence-corrected chi connectivity index (χ1v) is 6.25. The molecule has 0 saturated carbocycles. The molecule has 0 bridgehead atoms. The molecule has 0 spiro atoms. The topological polar surface area (TPSA) is 75.4 Å². The summed E-state index contributed by atoms with van der Waals surface area (Å²) >= 11 is 0. The number of amides is 1. The van der Waals surface area contributed by atoms with Gasteiger partial charge in [-0.25, -0.2) is 0 Å². The van der Waals surface area contributed by atoms with Gasteiger partial charge in [-0.15, -0.1) is 0 Å². The molecular weight excluding hydrogens is 228 g/mol. The summed E-state index contributed by atoms with van der Waals surface area (Å²) in [7, 11) is 0. The Morgan fingerprint density at radius 3 is 2.67 bits per heavy atom. The molecule has 1 atom stereocenters. The second-order valence-electron chi connectivity index (χ2n) is 5.02. The number of nitrogens with one attached hydrogen (secondary N) is 1. The Kier molecular flexibility index (Phi) is 5.16. The average Bonchev–Trinajstić information content (AvgIpc) is 2.31. The van der Waals surface area contributed by atoms with Crippen LogP contribution in [0.2, 0.25) is 0 Å². The Hall–Kier alpha value is -1.55. The van der Waals surface area contributed by atoms with Gasteiger partial charge in [0, 0.05) is 6.54 Å². The largest absolute Gasteiger partial charge is 0.505 e. The molecule has 4 N–H and O–H groups in total. The maximum atomic E-state index is 12.0. The molecular formula is C14H22N2O2. The number of aryl methyl sites for hydroxylation is 1. The van der Waals surface area contributed by atoms with Gasteiger partial charge >= 0.3 is 0 Å². The summed E-state index contributed by atoms with van der Waals surface area (Å²) in [6.07, 6.45) is 0.745. The summed E-state index contributed by atoms with van der Waals surface area (Å²) in [6.45, 7) is 6.22. The number of rotatable bonds is 5. The molecule has 0 radical (unpaired) electrons. The fraction of sp³-hybridized carbons (Fsp3) is 0.500. The minimum atomic E-state index is -0.218. The number of aromatic hydroxyl groups is 1. The van der Waals surface area contributed by atoms with Gasteiger partial charge in [0.25, 0.3) is 0 Å². The number of benzene rings is 1. The average molecular weight is 250 g/mol. The van der Waals surface area contributed by atoms with Gasteiger partial charge in [0.15, 0.2) is 0 Å². The van der Waals surface area contributed by atoms with Crippen molar-refractivity contribution in [2.45, 2.75) is 27.2 Å². The number of carbonyl (C=O) groups is 1. The maximum Gasteiger partial charge on any atom is 0.228 e. The smallest absolute Gasteiger partial charge is 0.228 e. The van der Waals surface area contributed by atoms with E-state index >= 15 is 0 Å². The van der Waals surface area contributed by atoms with E-state index in [-0.39, 0.29) is 17.6 Å². The standard InChI is InChI=1S/C14H22N2O2/c1-9(2)7-11(8-15)14(18)16-12-6-4-5-10(3)13(12)17/h4-6,9,11,17H,7-8,15H2,1-3H3,(H,16,18). The number of carbonyl (C=O) groups excluding carboxylic acids is 1. The molecule has 0 aromatic heterocycles. The van der Waals surface area contributed by atoms with E-state index in [2.05, 4.69) is 19.2 Å². The van der Waals surface area contributed by atoms with Crippen LogP contribution in [0.4, 0.5) is 5.69 Å². The van der Waals surface area contributed by atoms with Crippen LogP contribution in [-0.2, 0) is 4.79 Å². The molecule has 18 heavy (non-hydrogen) atoms. The van der Waals surface area contributed by atoms with Crippen molar-refractivity contribution in [2.75, 3.05) is 11.9 Å². The zero-order valence-electron chi connectivity index (χ0n) is 11.2. The van der Waals surface area contributed by atoms with Crippen molar-refractivity contribution in [3.63, 3.8) is 0 Å². The molecule has 0 aliphatic rings. The lowest BCUT2D eigenvalue weighted by molar-refractivity contribution is -0.120. The lowest BCUT2D eigenvalue weighted by Gasteiger charge is -2.17. The lowest BCUT2D eigenvalue weighted by atomic mass is 9.96. The van der Waals surface area contributed by atoms with E-state index < -0.39 is 0 Å². The zero-order chi connectivity index (χ0) is 13.7. The summed E-state index contributed by atoms with van der Waals surface area (Å²) < 4.78 is 0. The van der Waals surface area contributed by atoms with E-state index in [1.54, 1.807) is 25.1 Å². The number of nitrogens with two attached hydrogens (primary N) is 1. The van der Waals surface area contributed by atoms with Crippen LogP contribution in [0.5, 0.6) is 5.75 Å². The Balaban J connectivity index is 2.77. The van der Waals surface area contributed by atoms with Crippen molar-refractivity contribution in [1.82, 2.24) is 0 Å². The molecule has 0 heterocycles. The van der Waals surface area contributed by atoms with Gasteiger partial charge in [-0.05, 0) is 30.9 Å². The minimum absolute atomic E-state index is 0.117. The summed E-state index contributed by atoms with van der Waals surface area (Å²) in [6, 6.07) is 5.27. The van der Waals surface area contributed by atoms with Crippen LogP contribution in [0.3, 0.4) is 0 Å². The van der Waals surface area contributed by atoms with Crippen molar-refractivity contribution in [2.24, 2.45) is 17.6 Å². The van der Waals surface area contributed by atoms with E-state index in [0.717, 1.165) is 12.0 Å². The molecule has 1 aromatic rings. The van der Waals surface area contributed by atoms with Gasteiger partial charge in [0.2, 0.25) is 5.91 Å². The van der Waals surface area contributed by atoms with Crippen molar-refractivity contribution in [1.29, 1.82) is 0 Å².